The lowest BCUT2D eigenvalue weighted by Crippen LogP contribution is -2.33. The Kier molecular flexibility index (Phi) is 4.37. The first kappa shape index (κ1) is 15.9. The number of ether oxygens (including phenoxy) is 2. The van der Waals surface area contributed by atoms with Gasteiger partial charge in [-0.05, 0) is 23.8 Å². The molecule has 0 radical (unpaired) electrons. The van der Waals surface area contributed by atoms with Crippen LogP contribution in [-0.4, -0.2) is 37.5 Å². The Morgan fingerprint density at radius 1 is 1.17 bits per heavy atom. The summed E-state index contributed by atoms with van der Waals surface area (Å²) in [6, 6.07) is 12.5. The number of hydrogen-bond acceptors (Lipinski definition) is 4. The monoisotopic (exact) mass is 326 g/mol. The number of nitrogens with zero attached hydrogens (tertiary/aromatic N) is 1. The zero-order chi connectivity index (χ0) is 17.1. The zero-order valence-corrected chi connectivity index (χ0v) is 13.5. The first-order chi connectivity index (χ1) is 11.6. The van der Waals surface area contributed by atoms with Gasteiger partial charge in [0.2, 0.25) is 5.91 Å². The molecule has 0 atom stereocenters. The highest BCUT2D eigenvalue weighted by molar-refractivity contribution is 6.02. The fraction of sp³-hybridized carbons (Fsp3) is 0.222. The molecule has 2 amide bonds. The van der Waals surface area contributed by atoms with Gasteiger partial charge in [0, 0.05) is 18.2 Å². The van der Waals surface area contributed by atoms with Crippen molar-refractivity contribution in [1.82, 2.24) is 4.90 Å². The molecule has 3 rings (SSSR count). The van der Waals surface area contributed by atoms with Crippen molar-refractivity contribution >= 4 is 17.5 Å². The van der Waals surface area contributed by atoms with Crippen molar-refractivity contribution in [2.45, 2.75) is 6.54 Å². The maximum absolute atomic E-state index is 12.3. The topological polar surface area (TPSA) is 67.9 Å². The van der Waals surface area contributed by atoms with E-state index in [-0.39, 0.29) is 18.4 Å². The van der Waals surface area contributed by atoms with Gasteiger partial charge >= 0.3 is 0 Å². The van der Waals surface area contributed by atoms with Crippen molar-refractivity contribution in [2.75, 3.05) is 26.1 Å². The Hall–Kier alpha value is -3.02. The Labute approximate surface area is 140 Å². The molecule has 0 spiro atoms. The van der Waals surface area contributed by atoms with Crippen molar-refractivity contribution in [2.24, 2.45) is 0 Å². The summed E-state index contributed by atoms with van der Waals surface area (Å²) in [7, 11) is 3.08. The highest BCUT2D eigenvalue weighted by atomic mass is 16.5. The fourth-order valence-electron chi connectivity index (χ4n) is 2.71. The average Bonchev–Trinajstić information content (AvgIpc) is 2.91. The van der Waals surface area contributed by atoms with Gasteiger partial charge in [0.15, 0.2) is 0 Å². The van der Waals surface area contributed by atoms with Crippen molar-refractivity contribution in [3.63, 3.8) is 0 Å². The predicted molar refractivity (Wildman–Crippen MR) is 89.4 cm³/mol. The minimum atomic E-state index is -0.278. The van der Waals surface area contributed by atoms with Crippen LogP contribution in [0.2, 0.25) is 0 Å². The summed E-state index contributed by atoms with van der Waals surface area (Å²) in [4.78, 5) is 26.1. The third-order valence-electron chi connectivity index (χ3n) is 3.91. The van der Waals surface area contributed by atoms with E-state index in [4.69, 9.17) is 9.47 Å². The van der Waals surface area contributed by atoms with Gasteiger partial charge in [-0.25, -0.2) is 0 Å². The van der Waals surface area contributed by atoms with Crippen LogP contribution in [0, 0.1) is 0 Å². The summed E-state index contributed by atoms with van der Waals surface area (Å²) in [6.07, 6.45) is 0. The van der Waals surface area contributed by atoms with Crippen LogP contribution in [0.1, 0.15) is 15.9 Å². The number of amides is 2. The third-order valence-corrected chi connectivity index (χ3v) is 3.91. The molecular weight excluding hydrogens is 308 g/mol. The average molecular weight is 326 g/mol. The molecular formula is C18H18N2O4. The van der Waals surface area contributed by atoms with E-state index in [2.05, 4.69) is 5.32 Å². The number of hydrogen-bond donors (Lipinski definition) is 1. The van der Waals surface area contributed by atoms with E-state index in [9.17, 15) is 9.59 Å². The van der Waals surface area contributed by atoms with E-state index in [1.54, 1.807) is 31.4 Å². The summed E-state index contributed by atoms with van der Waals surface area (Å²) in [5.74, 6) is 0.732. The standard InChI is InChI=1S/C18H18N2O4/c1-23-13-7-8-15(16(9-13)24-2)19-17(21)11-20-10-12-5-3-4-6-14(12)18(20)22/h3-9H,10-11H2,1-2H3,(H,19,21). The van der Waals surface area contributed by atoms with Crippen LogP contribution >= 0.6 is 0 Å². The number of rotatable bonds is 5. The lowest BCUT2D eigenvalue weighted by molar-refractivity contribution is -0.116. The van der Waals surface area contributed by atoms with E-state index in [0.29, 0.717) is 29.3 Å². The Morgan fingerprint density at radius 3 is 2.67 bits per heavy atom. The highest BCUT2D eigenvalue weighted by Crippen LogP contribution is 2.29. The van der Waals surface area contributed by atoms with E-state index in [1.165, 1.54) is 12.0 Å². The van der Waals surface area contributed by atoms with Gasteiger partial charge in [-0.1, -0.05) is 18.2 Å². The number of methoxy groups -OCH3 is 2. The Bertz CT molecular complexity index is 788. The van der Waals surface area contributed by atoms with Crippen molar-refractivity contribution in [1.29, 1.82) is 0 Å². The van der Waals surface area contributed by atoms with Crippen LogP contribution in [0.4, 0.5) is 5.69 Å². The molecule has 0 aliphatic carbocycles. The second-order valence-electron chi connectivity index (χ2n) is 5.43. The molecule has 2 aromatic carbocycles. The van der Waals surface area contributed by atoms with E-state index < -0.39 is 0 Å². The fourth-order valence-corrected chi connectivity index (χ4v) is 2.71. The molecule has 6 heteroatoms. The lowest BCUT2D eigenvalue weighted by atomic mass is 10.1. The van der Waals surface area contributed by atoms with E-state index >= 15 is 0 Å². The molecule has 0 saturated heterocycles. The van der Waals surface area contributed by atoms with Gasteiger partial charge in [0.05, 0.1) is 19.9 Å². The van der Waals surface area contributed by atoms with Crippen molar-refractivity contribution in [3.8, 4) is 11.5 Å². The molecule has 1 heterocycles. The van der Waals surface area contributed by atoms with Crippen LogP contribution in [0.3, 0.4) is 0 Å². The second-order valence-corrected chi connectivity index (χ2v) is 5.43. The number of fused-ring (bicyclic) bond motifs is 1. The van der Waals surface area contributed by atoms with Gasteiger partial charge in [-0.3, -0.25) is 9.59 Å². The highest BCUT2D eigenvalue weighted by Gasteiger charge is 2.28. The molecule has 1 aliphatic heterocycles. The molecule has 0 fully saturated rings. The van der Waals surface area contributed by atoms with Gasteiger partial charge in [0.25, 0.3) is 5.91 Å². The van der Waals surface area contributed by atoms with E-state index in [0.717, 1.165) is 5.56 Å². The largest absolute Gasteiger partial charge is 0.497 e. The summed E-state index contributed by atoms with van der Waals surface area (Å²) < 4.78 is 10.4. The quantitative estimate of drug-likeness (QED) is 0.915. The predicted octanol–water partition coefficient (Wildman–Crippen LogP) is 2.30. The van der Waals surface area contributed by atoms with Crippen LogP contribution in [0.15, 0.2) is 42.5 Å². The number of benzene rings is 2. The molecule has 0 unspecified atom stereocenters. The van der Waals surface area contributed by atoms with Crippen LogP contribution < -0.4 is 14.8 Å². The van der Waals surface area contributed by atoms with Gasteiger partial charge in [0.1, 0.15) is 18.0 Å². The number of anilines is 1. The molecule has 0 saturated carbocycles. The van der Waals surface area contributed by atoms with Crippen molar-refractivity contribution in [3.05, 3.63) is 53.6 Å². The summed E-state index contributed by atoms with van der Waals surface area (Å²) >= 11 is 0. The first-order valence-corrected chi connectivity index (χ1v) is 7.51. The smallest absolute Gasteiger partial charge is 0.254 e. The Morgan fingerprint density at radius 2 is 1.96 bits per heavy atom. The summed E-state index contributed by atoms with van der Waals surface area (Å²) in [5.41, 5.74) is 2.14. The third kappa shape index (κ3) is 3.03. The number of carbonyl (C=O) groups is 2. The lowest BCUT2D eigenvalue weighted by Gasteiger charge is -2.16. The molecule has 0 aromatic heterocycles. The number of nitrogens with one attached hydrogen (secondary N) is 1. The zero-order valence-electron chi connectivity index (χ0n) is 13.5. The van der Waals surface area contributed by atoms with Crippen molar-refractivity contribution < 1.29 is 19.1 Å². The molecule has 124 valence electrons. The summed E-state index contributed by atoms with van der Waals surface area (Å²) in [5, 5.41) is 2.77. The van der Waals surface area contributed by atoms with Crippen LogP contribution in [0.25, 0.3) is 0 Å². The van der Waals surface area contributed by atoms with Crippen LogP contribution in [-0.2, 0) is 11.3 Å². The second kappa shape index (κ2) is 6.62. The van der Waals surface area contributed by atoms with Gasteiger partial charge in [-0.2, -0.15) is 0 Å². The van der Waals surface area contributed by atoms with Crippen LogP contribution in [0.5, 0.6) is 11.5 Å². The maximum Gasteiger partial charge on any atom is 0.254 e. The minimum Gasteiger partial charge on any atom is -0.497 e. The minimum absolute atomic E-state index is 0.0112. The van der Waals surface area contributed by atoms with Gasteiger partial charge < -0.3 is 19.7 Å². The Balaban J connectivity index is 1.68. The molecule has 2 aromatic rings. The molecule has 1 aliphatic rings. The van der Waals surface area contributed by atoms with E-state index in [1.807, 2.05) is 18.2 Å². The SMILES string of the molecule is COc1ccc(NC(=O)CN2Cc3ccccc3C2=O)c(OC)c1. The normalized spacial score (nSPS) is 12.8. The molecule has 6 nitrogen and oxygen atoms in total. The first-order valence-electron chi connectivity index (χ1n) is 7.51. The summed E-state index contributed by atoms with van der Waals surface area (Å²) in [6.45, 7) is 0.435. The molecule has 0 bridgehead atoms. The number of carbonyl (C=O) groups excluding carboxylic acids is 2. The molecule has 1 N–H and O–H groups in total. The van der Waals surface area contributed by atoms with Gasteiger partial charge in [-0.15, -0.1) is 0 Å². The maximum atomic E-state index is 12.3. The molecule has 24 heavy (non-hydrogen) atoms.